The number of carboxylic acid groups (broad SMARTS) is 1. The predicted molar refractivity (Wildman–Crippen MR) is 53.4 cm³/mol. The Bertz CT molecular complexity index is 496. The van der Waals surface area contributed by atoms with Crippen molar-refractivity contribution in [2.75, 3.05) is 0 Å². The number of hydrogen-bond acceptors (Lipinski definition) is 5. The van der Waals surface area contributed by atoms with E-state index in [-0.39, 0.29) is 0 Å². The van der Waals surface area contributed by atoms with E-state index in [1.54, 1.807) is 24.5 Å². The Morgan fingerprint density at radius 1 is 1.44 bits per heavy atom. The van der Waals surface area contributed by atoms with Crippen LogP contribution in [0.5, 0.6) is 0 Å². The van der Waals surface area contributed by atoms with Crippen molar-refractivity contribution in [3.63, 3.8) is 0 Å². The van der Waals surface area contributed by atoms with Crippen LogP contribution in [-0.2, 0) is 4.79 Å². The summed E-state index contributed by atoms with van der Waals surface area (Å²) in [4.78, 5) is 14.7. The van der Waals surface area contributed by atoms with Crippen LogP contribution >= 0.6 is 0 Å². The number of carboxylic acids is 1. The minimum atomic E-state index is -0.984. The summed E-state index contributed by atoms with van der Waals surface area (Å²) < 4.78 is 1.26. The summed E-state index contributed by atoms with van der Waals surface area (Å²) in [5, 5.41) is 19.8. The summed E-state index contributed by atoms with van der Waals surface area (Å²) in [6.45, 7) is 1.52. The van der Waals surface area contributed by atoms with Crippen molar-refractivity contribution < 1.29 is 9.90 Å². The molecule has 2 rings (SSSR count). The van der Waals surface area contributed by atoms with Gasteiger partial charge < -0.3 is 5.11 Å². The van der Waals surface area contributed by atoms with Crippen LogP contribution in [-0.4, -0.2) is 36.3 Å². The SMILES string of the molecule is CC(C(=O)O)n1nnnc1-c1ccncc1. The highest BCUT2D eigenvalue weighted by molar-refractivity contribution is 5.72. The van der Waals surface area contributed by atoms with Gasteiger partial charge in [0.25, 0.3) is 0 Å². The molecule has 0 aliphatic rings. The molecule has 7 nitrogen and oxygen atoms in total. The molecule has 0 saturated carbocycles. The number of pyridine rings is 1. The molecule has 2 heterocycles. The Morgan fingerprint density at radius 3 is 2.75 bits per heavy atom. The van der Waals surface area contributed by atoms with Gasteiger partial charge in [0.1, 0.15) is 0 Å². The molecule has 16 heavy (non-hydrogen) atoms. The molecule has 0 amide bonds. The van der Waals surface area contributed by atoms with Crippen molar-refractivity contribution in [2.24, 2.45) is 0 Å². The fourth-order valence-corrected chi connectivity index (χ4v) is 1.25. The van der Waals surface area contributed by atoms with Gasteiger partial charge in [0, 0.05) is 18.0 Å². The van der Waals surface area contributed by atoms with Crippen molar-refractivity contribution in [3.05, 3.63) is 24.5 Å². The van der Waals surface area contributed by atoms with Gasteiger partial charge in [-0.1, -0.05) is 0 Å². The molecular weight excluding hydrogens is 210 g/mol. The maximum absolute atomic E-state index is 10.9. The number of aliphatic carboxylic acids is 1. The van der Waals surface area contributed by atoms with Crippen molar-refractivity contribution in [1.29, 1.82) is 0 Å². The molecule has 0 aliphatic heterocycles. The van der Waals surface area contributed by atoms with Crippen LogP contribution in [0.3, 0.4) is 0 Å². The molecule has 82 valence electrons. The normalized spacial score (nSPS) is 12.3. The molecule has 1 N–H and O–H groups in total. The highest BCUT2D eigenvalue weighted by atomic mass is 16.4. The summed E-state index contributed by atoms with van der Waals surface area (Å²) in [5.41, 5.74) is 0.730. The van der Waals surface area contributed by atoms with Crippen molar-refractivity contribution >= 4 is 5.97 Å². The van der Waals surface area contributed by atoms with E-state index in [4.69, 9.17) is 5.11 Å². The van der Waals surface area contributed by atoms with E-state index in [1.807, 2.05) is 0 Å². The maximum atomic E-state index is 10.9. The second-order valence-electron chi connectivity index (χ2n) is 3.20. The topological polar surface area (TPSA) is 93.8 Å². The highest BCUT2D eigenvalue weighted by Gasteiger charge is 2.19. The smallest absolute Gasteiger partial charge is 0.328 e. The number of rotatable bonds is 3. The van der Waals surface area contributed by atoms with E-state index in [9.17, 15) is 4.79 Å². The second-order valence-corrected chi connectivity index (χ2v) is 3.20. The molecule has 0 aliphatic carbocycles. The average molecular weight is 219 g/mol. The number of hydrogen-bond donors (Lipinski definition) is 1. The lowest BCUT2D eigenvalue weighted by Crippen LogP contribution is -2.18. The summed E-state index contributed by atoms with van der Waals surface area (Å²) in [5.74, 6) is -0.570. The third kappa shape index (κ3) is 1.74. The summed E-state index contributed by atoms with van der Waals surface area (Å²) >= 11 is 0. The Hall–Kier alpha value is -2.31. The fourth-order valence-electron chi connectivity index (χ4n) is 1.25. The first-order valence-electron chi connectivity index (χ1n) is 4.61. The largest absolute Gasteiger partial charge is 0.480 e. The van der Waals surface area contributed by atoms with Crippen LogP contribution in [0.2, 0.25) is 0 Å². The fraction of sp³-hybridized carbons (Fsp3) is 0.222. The third-order valence-electron chi connectivity index (χ3n) is 2.16. The van der Waals surface area contributed by atoms with Gasteiger partial charge in [0.05, 0.1) is 0 Å². The van der Waals surface area contributed by atoms with Gasteiger partial charge in [0.15, 0.2) is 11.9 Å². The first-order valence-corrected chi connectivity index (χ1v) is 4.61. The van der Waals surface area contributed by atoms with Gasteiger partial charge in [-0.15, -0.1) is 5.10 Å². The Kier molecular flexibility index (Phi) is 2.59. The number of carbonyl (C=O) groups is 1. The summed E-state index contributed by atoms with van der Waals surface area (Å²) in [7, 11) is 0. The first-order chi connectivity index (χ1) is 7.70. The molecule has 1 atom stereocenters. The van der Waals surface area contributed by atoms with Crippen molar-refractivity contribution in [2.45, 2.75) is 13.0 Å². The summed E-state index contributed by atoms with van der Waals surface area (Å²) in [6.07, 6.45) is 3.19. The van der Waals surface area contributed by atoms with E-state index in [2.05, 4.69) is 20.5 Å². The molecule has 7 heteroatoms. The maximum Gasteiger partial charge on any atom is 0.328 e. The third-order valence-corrected chi connectivity index (χ3v) is 2.16. The van der Waals surface area contributed by atoms with Gasteiger partial charge in [-0.05, 0) is 29.5 Å². The van der Waals surface area contributed by atoms with Crippen molar-refractivity contribution in [3.8, 4) is 11.4 Å². The lowest BCUT2D eigenvalue weighted by atomic mass is 10.2. The van der Waals surface area contributed by atoms with E-state index in [0.717, 1.165) is 5.56 Å². The zero-order valence-corrected chi connectivity index (χ0v) is 8.48. The molecule has 0 fully saturated rings. The highest BCUT2D eigenvalue weighted by Crippen LogP contribution is 2.17. The zero-order valence-electron chi connectivity index (χ0n) is 8.48. The molecule has 0 spiro atoms. The standard InChI is InChI=1S/C9H9N5O2/c1-6(9(15)16)14-8(11-12-13-14)7-2-4-10-5-3-7/h2-6H,1H3,(H,15,16). The minimum absolute atomic E-state index is 0.414. The Morgan fingerprint density at radius 2 is 2.12 bits per heavy atom. The quantitative estimate of drug-likeness (QED) is 0.802. The van der Waals surface area contributed by atoms with Crippen LogP contribution in [0.1, 0.15) is 13.0 Å². The number of nitrogens with zero attached hydrogens (tertiary/aromatic N) is 5. The average Bonchev–Trinajstić information content (AvgIpc) is 2.77. The number of aromatic nitrogens is 5. The van der Waals surface area contributed by atoms with Crippen molar-refractivity contribution in [1.82, 2.24) is 25.2 Å². The van der Waals surface area contributed by atoms with Crippen LogP contribution in [0, 0.1) is 0 Å². The van der Waals surface area contributed by atoms with Crippen LogP contribution in [0.25, 0.3) is 11.4 Å². The van der Waals surface area contributed by atoms with Crippen LogP contribution in [0.4, 0.5) is 0 Å². The molecular formula is C9H9N5O2. The molecule has 0 aromatic carbocycles. The number of tetrazole rings is 1. The molecule has 2 aromatic heterocycles. The predicted octanol–water partition coefficient (Wildman–Crippen LogP) is 0.381. The van der Waals surface area contributed by atoms with Gasteiger partial charge in [-0.25, -0.2) is 9.48 Å². The van der Waals surface area contributed by atoms with Gasteiger partial charge in [0.2, 0.25) is 0 Å². The molecule has 1 unspecified atom stereocenters. The second kappa shape index (κ2) is 4.05. The Labute approximate surface area is 90.7 Å². The molecule has 0 saturated heterocycles. The zero-order chi connectivity index (χ0) is 11.5. The van der Waals surface area contributed by atoms with E-state index in [1.165, 1.54) is 11.6 Å². The molecule has 0 bridgehead atoms. The molecule has 0 radical (unpaired) electrons. The Balaban J connectivity index is 2.44. The lowest BCUT2D eigenvalue weighted by molar-refractivity contribution is -0.140. The van der Waals surface area contributed by atoms with Gasteiger partial charge in [-0.3, -0.25) is 4.98 Å². The van der Waals surface area contributed by atoms with Gasteiger partial charge in [-0.2, -0.15) is 0 Å². The summed E-state index contributed by atoms with van der Waals surface area (Å²) in [6, 6.07) is 2.63. The van der Waals surface area contributed by atoms with Crippen LogP contribution < -0.4 is 0 Å². The van der Waals surface area contributed by atoms with E-state index >= 15 is 0 Å². The monoisotopic (exact) mass is 219 g/mol. The first kappa shape index (κ1) is 10.2. The minimum Gasteiger partial charge on any atom is -0.480 e. The lowest BCUT2D eigenvalue weighted by Gasteiger charge is -2.07. The van der Waals surface area contributed by atoms with E-state index < -0.39 is 12.0 Å². The van der Waals surface area contributed by atoms with E-state index in [0.29, 0.717) is 5.82 Å². The van der Waals surface area contributed by atoms with Crippen LogP contribution in [0.15, 0.2) is 24.5 Å². The molecule has 2 aromatic rings. The van der Waals surface area contributed by atoms with Gasteiger partial charge >= 0.3 is 5.97 Å².